The lowest BCUT2D eigenvalue weighted by molar-refractivity contribution is -0.117. The maximum Gasteiger partial charge on any atom is 0.296 e. The number of anilines is 1. The molecule has 0 fully saturated rings. The van der Waals surface area contributed by atoms with Crippen LogP contribution in [0.2, 0.25) is 10.0 Å². The van der Waals surface area contributed by atoms with Crippen molar-refractivity contribution in [2.45, 2.75) is 23.1 Å². The standard InChI is InChI=1S/C30H23Cl2N3O5S2/c1-2-40-24-14-18(10-13-22(24)36)26-25(23(37)12-8-17-6-4-3-5-7-17)27(38)28(39)35(26)29-33-34-30(42-29)41-16-19-9-11-20(31)15-21(19)32/h3-15,26,36,38H,2,16H2,1H3. The summed E-state index contributed by atoms with van der Waals surface area (Å²) < 4.78 is 6.10. The molecule has 0 radical (unpaired) electrons. The molecule has 8 nitrogen and oxygen atoms in total. The van der Waals surface area contributed by atoms with Gasteiger partial charge in [0.1, 0.15) is 0 Å². The number of hydrogen-bond donors (Lipinski definition) is 2. The number of aromatic nitrogens is 2. The molecule has 0 saturated carbocycles. The van der Waals surface area contributed by atoms with Gasteiger partial charge in [-0.05, 0) is 54.0 Å². The Morgan fingerprint density at radius 1 is 1.10 bits per heavy atom. The lowest BCUT2D eigenvalue weighted by atomic mass is 9.95. The minimum Gasteiger partial charge on any atom is -0.504 e. The van der Waals surface area contributed by atoms with Crippen LogP contribution in [0.4, 0.5) is 5.13 Å². The molecule has 0 saturated heterocycles. The lowest BCUT2D eigenvalue weighted by Crippen LogP contribution is -2.30. The molecule has 3 aromatic carbocycles. The Hall–Kier alpha value is -3.83. The topological polar surface area (TPSA) is 113 Å². The highest BCUT2D eigenvalue weighted by Gasteiger charge is 2.45. The van der Waals surface area contributed by atoms with Gasteiger partial charge in [-0.3, -0.25) is 14.5 Å². The summed E-state index contributed by atoms with van der Waals surface area (Å²) in [6.45, 7) is 2.05. The van der Waals surface area contributed by atoms with Crippen LogP contribution < -0.4 is 9.64 Å². The van der Waals surface area contributed by atoms with Crippen LogP contribution in [0.5, 0.6) is 11.5 Å². The molecule has 1 amide bonds. The zero-order valence-corrected chi connectivity index (χ0v) is 25.2. The van der Waals surface area contributed by atoms with Crippen LogP contribution in [0.1, 0.15) is 29.7 Å². The summed E-state index contributed by atoms with van der Waals surface area (Å²) in [6, 6.07) is 17.9. The monoisotopic (exact) mass is 639 g/mol. The number of carbonyl (C=O) groups excluding carboxylic acids is 2. The highest BCUT2D eigenvalue weighted by Crippen LogP contribution is 2.45. The number of aromatic hydroxyl groups is 1. The van der Waals surface area contributed by atoms with Gasteiger partial charge in [-0.1, -0.05) is 94.8 Å². The minimum atomic E-state index is -1.05. The second kappa shape index (κ2) is 13.0. The van der Waals surface area contributed by atoms with E-state index >= 15 is 0 Å². The number of aliphatic hydroxyl groups is 1. The number of allylic oxidation sites excluding steroid dienone is 1. The number of rotatable bonds is 10. The third kappa shape index (κ3) is 6.32. The van der Waals surface area contributed by atoms with E-state index in [1.54, 1.807) is 31.2 Å². The third-order valence-corrected chi connectivity index (χ3v) is 8.96. The third-order valence-electron chi connectivity index (χ3n) is 6.27. The SMILES string of the molecule is CCOc1cc(C2C(C(=O)C=Cc3ccccc3)=C(O)C(=O)N2c2nnc(SCc3ccc(Cl)cc3Cl)s2)ccc1O. The zero-order chi connectivity index (χ0) is 29.8. The zero-order valence-electron chi connectivity index (χ0n) is 22.0. The average molecular weight is 641 g/mol. The van der Waals surface area contributed by atoms with Crippen LogP contribution in [0, 0.1) is 0 Å². The fourth-order valence-electron chi connectivity index (χ4n) is 4.30. The number of nitrogens with zero attached hydrogens (tertiary/aromatic N) is 3. The van der Waals surface area contributed by atoms with E-state index in [2.05, 4.69) is 10.2 Å². The van der Waals surface area contributed by atoms with Gasteiger partial charge in [-0.2, -0.15) is 0 Å². The predicted octanol–water partition coefficient (Wildman–Crippen LogP) is 7.42. The van der Waals surface area contributed by atoms with E-state index in [1.807, 2.05) is 36.4 Å². The summed E-state index contributed by atoms with van der Waals surface area (Å²) in [4.78, 5) is 28.2. The molecule has 12 heteroatoms. The first-order chi connectivity index (χ1) is 20.3. The second-order valence-corrected chi connectivity index (χ2v) is 12.0. The number of hydrogen-bond acceptors (Lipinski definition) is 9. The number of aliphatic hydroxyl groups excluding tert-OH is 1. The van der Waals surface area contributed by atoms with Gasteiger partial charge < -0.3 is 14.9 Å². The highest BCUT2D eigenvalue weighted by atomic mass is 35.5. The minimum absolute atomic E-state index is 0.100. The quantitative estimate of drug-likeness (QED) is 0.105. The summed E-state index contributed by atoms with van der Waals surface area (Å²) >= 11 is 14.8. The maximum absolute atomic E-state index is 13.5. The van der Waals surface area contributed by atoms with Crippen molar-refractivity contribution >= 4 is 69.2 Å². The molecule has 1 unspecified atom stereocenters. The van der Waals surface area contributed by atoms with Gasteiger partial charge in [0.05, 0.1) is 18.2 Å². The number of benzene rings is 3. The number of phenols is 1. The Balaban J connectivity index is 1.49. The van der Waals surface area contributed by atoms with Crippen LogP contribution in [-0.4, -0.2) is 38.7 Å². The van der Waals surface area contributed by atoms with Crippen LogP contribution >= 0.6 is 46.3 Å². The number of halogens is 2. The van der Waals surface area contributed by atoms with Crippen molar-refractivity contribution in [1.29, 1.82) is 0 Å². The molecule has 42 heavy (non-hydrogen) atoms. The largest absolute Gasteiger partial charge is 0.504 e. The molecule has 0 aliphatic carbocycles. The van der Waals surface area contributed by atoms with Gasteiger partial charge in [-0.15, -0.1) is 10.2 Å². The van der Waals surface area contributed by atoms with E-state index in [1.165, 1.54) is 34.9 Å². The molecule has 2 N–H and O–H groups in total. The Bertz CT molecular complexity index is 1710. The van der Waals surface area contributed by atoms with E-state index < -0.39 is 23.5 Å². The van der Waals surface area contributed by atoms with Crippen molar-refractivity contribution in [1.82, 2.24) is 10.2 Å². The van der Waals surface area contributed by atoms with E-state index in [4.69, 9.17) is 27.9 Å². The summed E-state index contributed by atoms with van der Waals surface area (Å²) in [5.74, 6) is -1.48. The van der Waals surface area contributed by atoms with Crippen molar-refractivity contribution in [3.05, 3.63) is 111 Å². The number of ether oxygens (including phenoxy) is 1. The molecule has 1 aliphatic rings. The van der Waals surface area contributed by atoms with Crippen LogP contribution in [0.15, 0.2) is 88.5 Å². The fraction of sp³-hybridized carbons (Fsp3) is 0.133. The molecule has 214 valence electrons. The van der Waals surface area contributed by atoms with Gasteiger partial charge >= 0.3 is 0 Å². The Morgan fingerprint density at radius 2 is 1.88 bits per heavy atom. The smallest absolute Gasteiger partial charge is 0.296 e. The second-order valence-electron chi connectivity index (χ2n) is 8.98. The highest BCUT2D eigenvalue weighted by molar-refractivity contribution is 8.00. The first kappa shape index (κ1) is 29.7. The van der Waals surface area contributed by atoms with Gasteiger partial charge in [0.2, 0.25) is 5.13 Å². The van der Waals surface area contributed by atoms with Gasteiger partial charge in [-0.25, -0.2) is 0 Å². The Morgan fingerprint density at radius 3 is 2.62 bits per heavy atom. The number of thioether (sulfide) groups is 1. The Labute approximate surface area is 259 Å². The molecule has 1 aliphatic heterocycles. The van der Waals surface area contributed by atoms with Crippen LogP contribution in [0.25, 0.3) is 6.08 Å². The van der Waals surface area contributed by atoms with Gasteiger partial charge in [0.25, 0.3) is 5.91 Å². The van der Waals surface area contributed by atoms with Gasteiger partial charge in [0, 0.05) is 15.8 Å². The van der Waals surface area contributed by atoms with Crippen LogP contribution in [0.3, 0.4) is 0 Å². The molecule has 0 bridgehead atoms. The first-order valence-corrected chi connectivity index (χ1v) is 15.2. The van der Waals surface area contributed by atoms with Crippen molar-refractivity contribution in [3.8, 4) is 11.5 Å². The molecule has 1 atom stereocenters. The lowest BCUT2D eigenvalue weighted by Gasteiger charge is -2.24. The van der Waals surface area contributed by atoms with E-state index in [0.717, 1.165) is 22.5 Å². The van der Waals surface area contributed by atoms with E-state index in [-0.39, 0.29) is 28.8 Å². The van der Waals surface area contributed by atoms with Crippen molar-refractivity contribution in [2.24, 2.45) is 0 Å². The molecule has 0 spiro atoms. The maximum atomic E-state index is 13.5. The van der Waals surface area contributed by atoms with Crippen LogP contribution in [-0.2, 0) is 15.3 Å². The molecule has 2 heterocycles. The number of amides is 1. The first-order valence-electron chi connectivity index (χ1n) is 12.7. The summed E-state index contributed by atoms with van der Waals surface area (Å²) in [6.07, 6.45) is 2.92. The predicted molar refractivity (Wildman–Crippen MR) is 166 cm³/mol. The molecule has 1 aromatic heterocycles. The fourth-order valence-corrected chi connectivity index (χ4v) is 6.73. The summed E-state index contributed by atoms with van der Waals surface area (Å²) in [5.41, 5.74) is 1.93. The average Bonchev–Trinajstić information content (AvgIpc) is 3.55. The summed E-state index contributed by atoms with van der Waals surface area (Å²) in [5, 5.41) is 31.0. The molecular weight excluding hydrogens is 617 g/mol. The van der Waals surface area contributed by atoms with E-state index in [9.17, 15) is 19.8 Å². The molecule has 5 rings (SSSR count). The van der Waals surface area contributed by atoms with Gasteiger partial charge in [0.15, 0.2) is 27.4 Å². The molecule has 4 aromatic rings. The number of phenolic OH excluding ortho intramolecular Hbond substituents is 1. The number of carbonyl (C=O) groups is 2. The Kier molecular flexibility index (Phi) is 9.18. The molecular formula is C30H23Cl2N3O5S2. The van der Waals surface area contributed by atoms with Crippen molar-refractivity contribution in [3.63, 3.8) is 0 Å². The van der Waals surface area contributed by atoms with Crippen molar-refractivity contribution < 1.29 is 24.5 Å². The van der Waals surface area contributed by atoms with Crippen molar-refractivity contribution in [2.75, 3.05) is 11.5 Å². The normalized spacial score (nSPS) is 15.2. The van der Waals surface area contributed by atoms with E-state index in [0.29, 0.717) is 25.7 Å². The number of ketones is 1. The summed E-state index contributed by atoms with van der Waals surface area (Å²) in [7, 11) is 0.